The summed E-state index contributed by atoms with van der Waals surface area (Å²) in [6.07, 6.45) is 3.83. The summed E-state index contributed by atoms with van der Waals surface area (Å²) in [5, 5.41) is 6.39. The number of methoxy groups -OCH3 is 1. The number of hydrogen-bond donors (Lipinski definition) is 2. The van der Waals surface area contributed by atoms with Crippen LogP contribution in [0.4, 0.5) is 0 Å². The highest BCUT2D eigenvalue weighted by Crippen LogP contribution is 2.23. The predicted molar refractivity (Wildman–Crippen MR) is 104 cm³/mol. The highest BCUT2D eigenvalue weighted by Gasteiger charge is 2.27. The summed E-state index contributed by atoms with van der Waals surface area (Å²) in [5.74, 6) is 0.645. The lowest BCUT2D eigenvalue weighted by atomic mass is 10.2. The van der Waals surface area contributed by atoms with Crippen LogP contribution in [-0.4, -0.2) is 59.1 Å². The van der Waals surface area contributed by atoms with Crippen molar-refractivity contribution in [3.05, 3.63) is 29.8 Å². The summed E-state index contributed by atoms with van der Waals surface area (Å²) >= 11 is 0. The first-order chi connectivity index (χ1) is 12.6. The smallest absolute Gasteiger partial charge is 0.243 e. The van der Waals surface area contributed by atoms with Crippen molar-refractivity contribution in [3.8, 4) is 0 Å². The standard InChI is InChI=1S/C18H30N4O3S/c1-19-18(20-11-8-14-25-2)21-15-16-9-4-5-10-17(16)26(23,24)22-12-6-3-7-13-22/h4-5,9-10H,3,6-8,11-15H2,1-2H3,(H2,19,20,21). The molecule has 0 saturated carbocycles. The summed E-state index contributed by atoms with van der Waals surface area (Å²) in [6.45, 7) is 3.02. The second-order valence-corrected chi connectivity index (χ2v) is 8.18. The number of piperidine rings is 1. The van der Waals surface area contributed by atoms with Crippen molar-refractivity contribution in [1.82, 2.24) is 14.9 Å². The summed E-state index contributed by atoms with van der Waals surface area (Å²) in [5.41, 5.74) is 0.748. The predicted octanol–water partition coefficient (Wildman–Crippen LogP) is 1.56. The van der Waals surface area contributed by atoms with Gasteiger partial charge in [0.2, 0.25) is 10.0 Å². The Hall–Kier alpha value is -1.64. The van der Waals surface area contributed by atoms with Crippen LogP contribution in [0.5, 0.6) is 0 Å². The molecule has 2 N–H and O–H groups in total. The second-order valence-electron chi connectivity index (χ2n) is 6.27. The van der Waals surface area contributed by atoms with Gasteiger partial charge in [-0.15, -0.1) is 0 Å². The van der Waals surface area contributed by atoms with E-state index in [0.717, 1.165) is 37.8 Å². The van der Waals surface area contributed by atoms with E-state index in [1.54, 1.807) is 30.6 Å². The molecule has 1 aliphatic heterocycles. The third kappa shape index (κ3) is 5.69. The number of guanidine groups is 1. The molecule has 1 aromatic carbocycles. The molecule has 7 nitrogen and oxygen atoms in total. The van der Waals surface area contributed by atoms with Gasteiger partial charge in [-0.25, -0.2) is 8.42 Å². The van der Waals surface area contributed by atoms with Crippen molar-refractivity contribution < 1.29 is 13.2 Å². The summed E-state index contributed by atoms with van der Waals surface area (Å²) in [6, 6.07) is 7.18. The topological polar surface area (TPSA) is 83.0 Å². The molecule has 0 aliphatic carbocycles. The number of aliphatic imine (C=N–C) groups is 1. The molecule has 0 atom stereocenters. The van der Waals surface area contributed by atoms with Crippen LogP contribution in [0, 0.1) is 0 Å². The van der Waals surface area contributed by atoms with Crippen LogP contribution in [0.25, 0.3) is 0 Å². The van der Waals surface area contributed by atoms with Crippen molar-refractivity contribution in [2.24, 2.45) is 4.99 Å². The van der Waals surface area contributed by atoms with Gasteiger partial charge < -0.3 is 15.4 Å². The molecule has 0 amide bonds. The lowest BCUT2D eigenvalue weighted by Crippen LogP contribution is -2.39. The van der Waals surface area contributed by atoms with Crippen molar-refractivity contribution in [2.45, 2.75) is 37.1 Å². The molecule has 0 spiro atoms. The Balaban J connectivity index is 2.04. The van der Waals surface area contributed by atoms with Gasteiger partial charge in [0.1, 0.15) is 0 Å². The fourth-order valence-electron chi connectivity index (χ4n) is 2.97. The average Bonchev–Trinajstić information content (AvgIpc) is 2.68. The molecule has 0 unspecified atom stereocenters. The van der Waals surface area contributed by atoms with Crippen LogP contribution < -0.4 is 10.6 Å². The van der Waals surface area contributed by atoms with E-state index in [2.05, 4.69) is 15.6 Å². The van der Waals surface area contributed by atoms with Crippen molar-refractivity contribution in [2.75, 3.05) is 40.4 Å². The number of ether oxygens (including phenoxy) is 1. The van der Waals surface area contributed by atoms with Crippen molar-refractivity contribution >= 4 is 16.0 Å². The monoisotopic (exact) mass is 382 g/mol. The molecular formula is C18H30N4O3S. The Kier molecular flexibility index (Phi) is 8.34. The molecule has 8 heteroatoms. The van der Waals surface area contributed by atoms with Gasteiger partial charge in [-0.1, -0.05) is 24.6 Å². The minimum atomic E-state index is -3.46. The van der Waals surface area contributed by atoms with Crippen molar-refractivity contribution in [3.63, 3.8) is 0 Å². The Labute approximate surface area is 156 Å². The van der Waals surface area contributed by atoms with E-state index in [1.165, 1.54) is 0 Å². The Bertz CT molecular complexity index is 685. The van der Waals surface area contributed by atoms with Crippen LogP contribution in [0.1, 0.15) is 31.2 Å². The van der Waals surface area contributed by atoms with Crippen molar-refractivity contribution in [1.29, 1.82) is 0 Å². The van der Waals surface area contributed by atoms with Gasteiger partial charge in [0.25, 0.3) is 0 Å². The summed E-state index contributed by atoms with van der Waals surface area (Å²) in [7, 11) is -0.0852. The molecule has 1 fully saturated rings. The van der Waals surface area contributed by atoms with Crippen LogP contribution in [-0.2, 0) is 21.3 Å². The quantitative estimate of drug-likeness (QED) is 0.405. The van der Waals surface area contributed by atoms with Gasteiger partial charge in [0.15, 0.2) is 5.96 Å². The van der Waals surface area contributed by atoms with Crippen LogP contribution in [0.3, 0.4) is 0 Å². The van der Waals surface area contributed by atoms with Gasteiger partial charge in [-0.05, 0) is 30.9 Å². The zero-order valence-corrected chi connectivity index (χ0v) is 16.5. The van der Waals surface area contributed by atoms with Gasteiger partial charge in [0.05, 0.1) is 4.90 Å². The van der Waals surface area contributed by atoms with Gasteiger partial charge >= 0.3 is 0 Å². The Morgan fingerprint density at radius 3 is 2.62 bits per heavy atom. The highest BCUT2D eigenvalue weighted by molar-refractivity contribution is 7.89. The van der Waals surface area contributed by atoms with E-state index < -0.39 is 10.0 Å². The van der Waals surface area contributed by atoms with Crippen LogP contribution in [0.2, 0.25) is 0 Å². The fraction of sp³-hybridized carbons (Fsp3) is 0.611. The van der Waals surface area contributed by atoms with E-state index in [9.17, 15) is 8.42 Å². The molecule has 146 valence electrons. The van der Waals surface area contributed by atoms with Crippen LogP contribution in [0.15, 0.2) is 34.2 Å². The third-order valence-electron chi connectivity index (χ3n) is 4.39. The highest BCUT2D eigenvalue weighted by atomic mass is 32.2. The normalized spacial score (nSPS) is 16.5. The molecule has 26 heavy (non-hydrogen) atoms. The molecular weight excluding hydrogens is 352 g/mol. The minimum absolute atomic E-state index is 0.379. The van der Waals surface area contributed by atoms with E-state index >= 15 is 0 Å². The van der Waals surface area contributed by atoms with E-state index in [4.69, 9.17) is 4.74 Å². The van der Waals surface area contributed by atoms with E-state index in [0.29, 0.717) is 37.1 Å². The number of hydrogen-bond acceptors (Lipinski definition) is 4. The van der Waals surface area contributed by atoms with Gasteiger partial charge in [-0.2, -0.15) is 4.31 Å². The first-order valence-corrected chi connectivity index (χ1v) is 10.5. The fourth-order valence-corrected chi connectivity index (χ4v) is 4.71. The SMILES string of the molecule is CN=C(NCCCOC)NCc1ccccc1S(=O)(=O)N1CCCCC1. The zero-order chi connectivity index (χ0) is 18.8. The number of sulfonamides is 1. The number of benzene rings is 1. The summed E-state index contributed by atoms with van der Waals surface area (Å²) < 4.78 is 32.6. The molecule has 1 aliphatic rings. The number of nitrogens with zero attached hydrogens (tertiary/aromatic N) is 2. The van der Waals surface area contributed by atoms with Gasteiger partial charge in [0, 0.05) is 46.9 Å². The second kappa shape index (κ2) is 10.5. The molecule has 0 aromatic heterocycles. The first-order valence-electron chi connectivity index (χ1n) is 9.11. The summed E-state index contributed by atoms with van der Waals surface area (Å²) in [4.78, 5) is 4.56. The molecule has 1 heterocycles. The molecule has 1 aromatic rings. The number of nitrogens with one attached hydrogen (secondary N) is 2. The molecule has 1 saturated heterocycles. The van der Waals surface area contributed by atoms with E-state index in [-0.39, 0.29) is 0 Å². The minimum Gasteiger partial charge on any atom is -0.385 e. The molecule has 2 rings (SSSR count). The Morgan fingerprint density at radius 1 is 1.19 bits per heavy atom. The maximum absolute atomic E-state index is 13.0. The van der Waals surface area contributed by atoms with Crippen LogP contribution >= 0.6 is 0 Å². The molecule has 0 bridgehead atoms. The maximum Gasteiger partial charge on any atom is 0.243 e. The maximum atomic E-state index is 13.0. The first kappa shape index (κ1) is 20.7. The molecule has 0 radical (unpaired) electrons. The zero-order valence-electron chi connectivity index (χ0n) is 15.7. The third-order valence-corrected chi connectivity index (χ3v) is 6.39. The Morgan fingerprint density at radius 2 is 1.92 bits per heavy atom. The van der Waals surface area contributed by atoms with Gasteiger partial charge in [-0.3, -0.25) is 4.99 Å². The lowest BCUT2D eigenvalue weighted by Gasteiger charge is -2.27. The largest absolute Gasteiger partial charge is 0.385 e. The van der Waals surface area contributed by atoms with E-state index in [1.807, 2.05) is 12.1 Å². The lowest BCUT2D eigenvalue weighted by molar-refractivity contribution is 0.195. The average molecular weight is 383 g/mol. The number of rotatable bonds is 8.